The van der Waals surface area contributed by atoms with E-state index < -0.39 is 6.09 Å². The number of aryl methyl sites for hydroxylation is 2. The molecule has 0 radical (unpaired) electrons. The van der Waals surface area contributed by atoms with Gasteiger partial charge in [-0.05, 0) is 30.0 Å². The number of carbonyl (C=O) groups is 1. The number of benzene rings is 1. The van der Waals surface area contributed by atoms with Crippen molar-refractivity contribution in [1.29, 1.82) is 0 Å². The quantitative estimate of drug-likeness (QED) is 0.375. The minimum atomic E-state index is -0.623. The van der Waals surface area contributed by atoms with E-state index in [1.165, 1.54) is 7.11 Å². The van der Waals surface area contributed by atoms with Crippen molar-refractivity contribution >= 4 is 34.5 Å². The van der Waals surface area contributed by atoms with Crippen molar-refractivity contribution < 1.29 is 18.5 Å². The van der Waals surface area contributed by atoms with Gasteiger partial charge in [0.25, 0.3) is 11.7 Å². The molecular weight excluding hydrogens is 382 g/mol. The highest BCUT2D eigenvalue weighted by molar-refractivity contribution is 5.89. The highest BCUT2D eigenvalue weighted by Crippen LogP contribution is 2.29. The Kier molecular flexibility index (Phi) is 8.93. The van der Waals surface area contributed by atoms with Gasteiger partial charge in [0.05, 0.1) is 19.3 Å². The summed E-state index contributed by atoms with van der Waals surface area (Å²) in [6.07, 6.45) is 2.07. The maximum Gasteiger partial charge on any atom is 0.414 e. The van der Waals surface area contributed by atoms with Crippen LogP contribution in [0, 0.1) is 0 Å². The van der Waals surface area contributed by atoms with Crippen molar-refractivity contribution in [3.63, 3.8) is 0 Å². The summed E-state index contributed by atoms with van der Waals surface area (Å²) in [5.74, 6) is 1.13. The van der Waals surface area contributed by atoms with E-state index in [4.69, 9.17) is 9.15 Å². The molecule has 0 saturated carbocycles. The van der Waals surface area contributed by atoms with Crippen molar-refractivity contribution in [2.45, 2.75) is 53.5 Å². The molecule has 30 heavy (non-hydrogen) atoms. The summed E-state index contributed by atoms with van der Waals surface area (Å²) in [6.45, 7) is 8.97. The number of hydrogen-bond donors (Lipinski definition) is 1. The number of nitrogens with zero attached hydrogens (tertiary/aromatic N) is 4. The fourth-order valence-electron chi connectivity index (χ4n) is 2.82. The lowest BCUT2D eigenvalue weighted by atomic mass is 10.3. The maximum atomic E-state index is 11.8. The molecule has 2 aromatic heterocycles. The van der Waals surface area contributed by atoms with Crippen LogP contribution in [-0.4, -0.2) is 18.2 Å². The summed E-state index contributed by atoms with van der Waals surface area (Å²) in [5, 5.41) is 11.1. The van der Waals surface area contributed by atoms with Gasteiger partial charge in [-0.15, -0.1) is 5.11 Å². The van der Waals surface area contributed by atoms with Crippen molar-refractivity contribution in [3.05, 3.63) is 42.3 Å². The lowest BCUT2D eigenvalue weighted by Gasteiger charge is -2.01. The molecule has 160 valence electrons. The minimum Gasteiger partial charge on any atom is -0.453 e. The van der Waals surface area contributed by atoms with Crippen LogP contribution in [0.1, 0.15) is 46.4 Å². The predicted molar refractivity (Wildman–Crippen MR) is 116 cm³/mol. The Morgan fingerprint density at radius 1 is 1.17 bits per heavy atom. The standard InChI is InChI=1S/C20H23N5O3.C2H6/c1-4-9-17-25(12-5-2)19-16(28-17)13-15(18(21-19)22-20(26)27-3)24-23-14-10-7-6-8-11-14;1-2/h6-8,10-11,13H,4-5,9,12H2,1-3H3;1-2H3/p+1. The molecule has 0 aliphatic rings. The van der Waals surface area contributed by atoms with E-state index in [1.54, 1.807) is 6.07 Å². The average Bonchev–Trinajstić information content (AvgIpc) is 3.10. The molecule has 3 aromatic rings. The second-order valence-electron chi connectivity index (χ2n) is 6.23. The first kappa shape index (κ1) is 23.0. The van der Waals surface area contributed by atoms with Crippen molar-refractivity contribution in [2.24, 2.45) is 10.2 Å². The number of anilines is 1. The summed E-state index contributed by atoms with van der Waals surface area (Å²) >= 11 is 0. The van der Waals surface area contributed by atoms with Crippen LogP contribution in [0.25, 0.3) is 11.2 Å². The molecule has 0 aliphatic heterocycles. The number of fused-ring (bicyclic) bond motifs is 1. The summed E-state index contributed by atoms with van der Waals surface area (Å²) < 4.78 is 12.8. The molecule has 8 nitrogen and oxygen atoms in total. The topological polar surface area (TPSA) is 93.0 Å². The molecule has 1 N–H and O–H groups in total. The number of pyridine rings is 1. The maximum absolute atomic E-state index is 11.8. The van der Waals surface area contributed by atoms with E-state index in [9.17, 15) is 4.79 Å². The molecule has 0 fully saturated rings. The number of nitrogens with one attached hydrogen (secondary N) is 1. The third-order valence-electron chi connectivity index (χ3n) is 4.08. The van der Waals surface area contributed by atoms with Crippen LogP contribution >= 0.6 is 0 Å². The molecule has 0 bridgehead atoms. The van der Waals surface area contributed by atoms with Crippen LogP contribution in [0.15, 0.2) is 51.0 Å². The number of aromatic nitrogens is 2. The number of hydrogen-bond acceptors (Lipinski definition) is 6. The molecular formula is C22H30N5O3+. The van der Waals surface area contributed by atoms with Crippen LogP contribution in [0.3, 0.4) is 0 Å². The molecule has 1 amide bonds. The lowest BCUT2D eigenvalue weighted by molar-refractivity contribution is -0.685. The van der Waals surface area contributed by atoms with Crippen LogP contribution in [0.4, 0.5) is 22.0 Å². The van der Waals surface area contributed by atoms with Crippen molar-refractivity contribution in [2.75, 3.05) is 12.4 Å². The Labute approximate surface area is 177 Å². The van der Waals surface area contributed by atoms with Gasteiger partial charge >= 0.3 is 11.7 Å². The predicted octanol–water partition coefficient (Wildman–Crippen LogP) is 6.10. The molecule has 0 unspecified atom stereocenters. The average molecular weight is 413 g/mol. The second kappa shape index (κ2) is 11.6. The molecule has 0 aliphatic carbocycles. The van der Waals surface area contributed by atoms with Gasteiger partial charge in [0, 0.05) is 12.5 Å². The Balaban J connectivity index is 0.00000155. The summed E-state index contributed by atoms with van der Waals surface area (Å²) in [4.78, 5) is 16.4. The Bertz CT molecular complexity index is 983. The monoisotopic (exact) mass is 412 g/mol. The first-order chi connectivity index (χ1) is 14.7. The zero-order valence-electron chi connectivity index (χ0n) is 18.3. The van der Waals surface area contributed by atoms with Crippen molar-refractivity contribution in [1.82, 2.24) is 4.98 Å². The SMILES string of the molecule is CC.CCCc1oc2cc(N=Nc3ccccc3)c(NC(=O)OC)nc2[n+]1CCC. The Morgan fingerprint density at radius 3 is 2.53 bits per heavy atom. The van der Waals surface area contributed by atoms with E-state index in [-0.39, 0.29) is 5.82 Å². The summed E-state index contributed by atoms with van der Waals surface area (Å²) in [7, 11) is 1.30. The number of ether oxygens (including phenoxy) is 1. The smallest absolute Gasteiger partial charge is 0.414 e. The first-order valence-corrected chi connectivity index (χ1v) is 10.3. The Morgan fingerprint density at radius 2 is 1.90 bits per heavy atom. The third kappa shape index (κ3) is 5.62. The number of methoxy groups -OCH3 is 1. The molecule has 0 atom stereocenters. The normalized spacial score (nSPS) is 10.7. The molecule has 0 spiro atoms. The van der Waals surface area contributed by atoms with Gasteiger partial charge in [0.1, 0.15) is 0 Å². The van der Waals surface area contributed by atoms with E-state index >= 15 is 0 Å². The highest BCUT2D eigenvalue weighted by atomic mass is 16.5. The Hall–Kier alpha value is -3.29. The number of rotatable bonds is 7. The summed E-state index contributed by atoms with van der Waals surface area (Å²) in [5.41, 5.74) is 2.35. The number of amides is 1. The minimum absolute atomic E-state index is 0.271. The number of oxazole rings is 1. The largest absolute Gasteiger partial charge is 0.453 e. The van der Waals surface area contributed by atoms with Crippen LogP contribution < -0.4 is 9.88 Å². The molecule has 2 heterocycles. The van der Waals surface area contributed by atoms with Gasteiger partial charge in [-0.3, -0.25) is 5.32 Å². The molecule has 3 rings (SSSR count). The zero-order chi connectivity index (χ0) is 21.9. The first-order valence-electron chi connectivity index (χ1n) is 10.3. The van der Waals surface area contributed by atoms with E-state index in [0.717, 1.165) is 31.7 Å². The third-order valence-corrected chi connectivity index (χ3v) is 4.08. The van der Waals surface area contributed by atoms with E-state index in [1.807, 2.05) is 48.7 Å². The fraction of sp³-hybridized carbons (Fsp3) is 0.409. The van der Waals surface area contributed by atoms with Crippen LogP contribution in [-0.2, 0) is 17.7 Å². The number of azo groups is 1. The van der Waals surface area contributed by atoms with Crippen LogP contribution in [0.5, 0.6) is 0 Å². The van der Waals surface area contributed by atoms with Gasteiger partial charge in [-0.2, -0.15) is 9.68 Å². The number of carbonyl (C=O) groups excluding carboxylic acids is 1. The molecule has 0 saturated heterocycles. The van der Waals surface area contributed by atoms with Gasteiger partial charge in [0.2, 0.25) is 5.58 Å². The van der Waals surface area contributed by atoms with E-state index in [0.29, 0.717) is 22.6 Å². The highest BCUT2D eigenvalue weighted by Gasteiger charge is 2.26. The zero-order valence-corrected chi connectivity index (χ0v) is 18.3. The van der Waals surface area contributed by atoms with Crippen LogP contribution in [0.2, 0.25) is 0 Å². The van der Waals surface area contributed by atoms with Gasteiger partial charge in [-0.25, -0.2) is 4.79 Å². The lowest BCUT2D eigenvalue weighted by Crippen LogP contribution is -2.37. The van der Waals surface area contributed by atoms with Gasteiger partial charge in [0.15, 0.2) is 5.69 Å². The second-order valence-corrected chi connectivity index (χ2v) is 6.23. The van der Waals surface area contributed by atoms with Gasteiger partial charge < -0.3 is 9.15 Å². The molecule has 8 heteroatoms. The summed E-state index contributed by atoms with van der Waals surface area (Å²) in [6, 6.07) is 11.1. The van der Waals surface area contributed by atoms with Crippen molar-refractivity contribution in [3.8, 4) is 0 Å². The molecule has 1 aromatic carbocycles. The van der Waals surface area contributed by atoms with Gasteiger partial charge in [-0.1, -0.05) is 45.9 Å². The van der Waals surface area contributed by atoms with E-state index in [2.05, 4.69) is 34.4 Å². The fourth-order valence-corrected chi connectivity index (χ4v) is 2.82.